The van der Waals surface area contributed by atoms with Crippen LogP contribution in [0.4, 0.5) is 5.95 Å². The minimum absolute atomic E-state index is 0.104. The zero-order valence-corrected chi connectivity index (χ0v) is 16.5. The lowest BCUT2D eigenvalue weighted by Gasteiger charge is -2.36. The second-order valence-corrected chi connectivity index (χ2v) is 7.05. The largest absolute Gasteiger partial charge is 0.459 e. The highest BCUT2D eigenvalue weighted by molar-refractivity contribution is 5.95. The van der Waals surface area contributed by atoms with Crippen molar-refractivity contribution in [1.29, 1.82) is 0 Å². The summed E-state index contributed by atoms with van der Waals surface area (Å²) in [6, 6.07) is 14.0. The van der Waals surface area contributed by atoms with Crippen molar-refractivity contribution in [3.8, 4) is 0 Å². The molecule has 0 aliphatic carbocycles. The number of carbonyl (C=O) groups excluding carboxylic acids is 2. The Morgan fingerprint density at radius 3 is 2.37 bits per heavy atom. The molecule has 1 aromatic carbocycles. The van der Waals surface area contributed by atoms with Crippen molar-refractivity contribution in [3.05, 3.63) is 78.5 Å². The van der Waals surface area contributed by atoms with Crippen molar-refractivity contribution >= 4 is 17.8 Å². The lowest BCUT2D eigenvalue weighted by Crippen LogP contribution is -2.55. The maximum absolute atomic E-state index is 13.3. The van der Waals surface area contributed by atoms with E-state index in [0.29, 0.717) is 38.5 Å². The number of hydrogen-bond donors (Lipinski definition) is 1. The molecule has 2 aromatic heterocycles. The molecule has 0 saturated carbocycles. The molecule has 154 valence electrons. The summed E-state index contributed by atoms with van der Waals surface area (Å²) in [6.45, 7) is 2.36. The van der Waals surface area contributed by atoms with Gasteiger partial charge in [0.2, 0.25) is 11.9 Å². The van der Waals surface area contributed by atoms with Gasteiger partial charge in [0.15, 0.2) is 5.76 Å². The van der Waals surface area contributed by atoms with Gasteiger partial charge in [-0.2, -0.15) is 0 Å². The number of rotatable bonds is 6. The Hall–Kier alpha value is -3.68. The normalized spacial score (nSPS) is 14.9. The van der Waals surface area contributed by atoms with Gasteiger partial charge in [0.25, 0.3) is 5.91 Å². The van der Waals surface area contributed by atoms with Gasteiger partial charge in [-0.05, 0) is 23.8 Å². The quantitative estimate of drug-likeness (QED) is 0.672. The molecule has 1 atom stereocenters. The molecule has 1 fully saturated rings. The molecule has 1 aliphatic rings. The van der Waals surface area contributed by atoms with Crippen molar-refractivity contribution in [3.63, 3.8) is 0 Å². The number of piperazine rings is 1. The van der Waals surface area contributed by atoms with E-state index in [9.17, 15) is 9.59 Å². The summed E-state index contributed by atoms with van der Waals surface area (Å²) in [5.41, 5.74) is 0.979. The van der Waals surface area contributed by atoms with E-state index < -0.39 is 11.9 Å². The summed E-state index contributed by atoms with van der Waals surface area (Å²) in [5, 5.41) is 2.85. The van der Waals surface area contributed by atoms with Crippen LogP contribution in [0, 0.1) is 0 Å². The van der Waals surface area contributed by atoms with Crippen LogP contribution in [-0.4, -0.2) is 58.9 Å². The lowest BCUT2D eigenvalue weighted by atomic mass is 10.0. The fraction of sp³-hybridized carbons (Fsp3) is 0.273. The smallest absolute Gasteiger partial charge is 0.287 e. The summed E-state index contributed by atoms with van der Waals surface area (Å²) in [5.74, 6) is 0.349. The number of carbonyl (C=O) groups is 2. The molecule has 1 saturated heterocycles. The Morgan fingerprint density at radius 1 is 0.967 bits per heavy atom. The van der Waals surface area contributed by atoms with E-state index in [2.05, 4.69) is 20.2 Å². The Morgan fingerprint density at radius 2 is 1.70 bits per heavy atom. The molecular formula is C22H23N5O3. The van der Waals surface area contributed by atoms with E-state index in [1.165, 1.54) is 6.26 Å². The fourth-order valence-electron chi connectivity index (χ4n) is 3.49. The molecule has 4 rings (SSSR count). The molecular weight excluding hydrogens is 382 g/mol. The first kappa shape index (κ1) is 19.6. The van der Waals surface area contributed by atoms with Gasteiger partial charge in [0.05, 0.1) is 6.26 Å². The summed E-state index contributed by atoms with van der Waals surface area (Å²) in [6.07, 6.45) is 5.27. The lowest BCUT2D eigenvalue weighted by molar-refractivity contribution is -0.133. The number of nitrogens with one attached hydrogen (secondary N) is 1. The third kappa shape index (κ3) is 4.65. The van der Waals surface area contributed by atoms with Gasteiger partial charge in [-0.25, -0.2) is 9.97 Å². The number of furan rings is 1. The summed E-state index contributed by atoms with van der Waals surface area (Å²) < 4.78 is 5.18. The number of hydrogen-bond acceptors (Lipinski definition) is 6. The van der Waals surface area contributed by atoms with E-state index >= 15 is 0 Å². The maximum atomic E-state index is 13.3. The Labute approximate surface area is 174 Å². The summed E-state index contributed by atoms with van der Waals surface area (Å²) in [4.78, 5) is 38.2. The highest BCUT2D eigenvalue weighted by atomic mass is 16.3. The highest BCUT2D eigenvalue weighted by Crippen LogP contribution is 2.13. The zero-order valence-electron chi connectivity index (χ0n) is 16.5. The monoisotopic (exact) mass is 405 g/mol. The maximum Gasteiger partial charge on any atom is 0.287 e. The first-order valence-corrected chi connectivity index (χ1v) is 9.90. The van der Waals surface area contributed by atoms with E-state index in [1.54, 1.807) is 35.5 Å². The number of benzene rings is 1. The zero-order chi connectivity index (χ0) is 20.8. The van der Waals surface area contributed by atoms with Crippen molar-refractivity contribution in [2.24, 2.45) is 0 Å². The van der Waals surface area contributed by atoms with Gasteiger partial charge >= 0.3 is 0 Å². The first-order valence-electron chi connectivity index (χ1n) is 9.90. The Balaban J connectivity index is 1.44. The van der Waals surface area contributed by atoms with E-state index in [-0.39, 0.29) is 11.7 Å². The first-order chi connectivity index (χ1) is 14.7. The van der Waals surface area contributed by atoms with Crippen LogP contribution in [0.5, 0.6) is 0 Å². The van der Waals surface area contributed by atoms with Gasteiger partial charge in [-0.15, -0.1) is 0 Å². The third-order valence-corrected chi connectivity index (χ3v) is 5.06. The van der Waals surface area contributed by atoms with Crippen LogP contribution < -0.4 is 10.2 Å². The molecule has 0 spiro atoms. The van der Waals surface area contributed by atoms with Gasteiger partial charge in [-0.3, -0.25) is 9.59 Å². The second-order valence-electron chi connectivity index (χ2n) is 7.05. The van der Waals surface area contributed by atoms with Crippen LogP contribution in [0.2, 0.25) is 0 Å². The topological polar surface area (TPSA) is 91.6 Å². The van der Waals surface area contributed by atoms with Crippen molar-refractivity contribution < 1.29 is 14.0 Å². The van der Waals surface area contributed by atoms with E-state index in [4.69, 9.17) is 4.42 Å². The predicted molar refractivity (Wildman–Crippen MR) is 111 cm³/mol. The van der Waals surface area contributed by atoms with Crippen LogP contribution in [0.3, 0.4) is 0 Å². The molecule has 30 heavy (non-hydrogen) atoms. The fourth-order valence-corrected chi connectivity index (χ4v) is 3.49. The summed E-state index contributed by atoms with van der Waals surface area (Å²) >= 11 is 0. The van der Waals surface area contributed by atoms with Crippen LogP contribution in [0.15, 0.2) is 71.6 Å². The van der Waals surface area contributed by atoms with E-state index in [1.807, 2.05) is 30.3 Å². The molecule has 0 radical (unpaired) electrons. The number of anilines is 1. The van der Waals surface area contributed by atoms with Crippen molar-refractivity contribution in [2.45, 2.75) is 12.5 Å². The molecule has 0 unspecified atom stereocenters. The molecule has 1 N–H and O–H groups in total. The average Bonchev–Trinajstić information content (AvgIpc) is 3.35. The third-order valence-electron chi connectivity index (χ3n) is 5.06. The summed E-state index contributed by atoms with van der Waals surface area (Å²) in [7, 11) is 0. The van der Waals surface area contributed by atoms with Crippen molar-refractivity contribution in [2.75, 3.05) is 31.1 Å². The van der Waals surface area contributed by atoms with Gasteiger partial charge in [0.1, 0.15) is 6.04 Å². The average molecular weight is 405 g/mol. The minimum atomic E-state index is -0.676. The van der Waals surface area contributed by atoms with Crippen LogP contribution in [0.25, 0.3) is 0 Å². The molecule has 1 aliphatic heterocycles. The molecule has 8 heteroatoms. The molecule has 8 nitrogen and oxygen atoms in total. The van der Waals surface area contributed by atoms with Crippen LogP contribution >= 0.6 is 0 Å². The highest BCUT2D eigenvalue weighted by Gasteiger charge is 2.30. The van der Waals surface area contributed by atoms with Crippen LogP contribution in [-0.2, 0) is 11.2 Å². The number of nitrogens with zero attached hydrogens (tertiary/aromatic N) is 4. The van der Waals surface area contributed by atoms with Gasteiger partial charge in [-0.1, -0.05) is 30.3 Å². The molecule has 3 aromatic rings. The van der Waals surface area contributed by atoms with Crippen molar-refractivity contribution in [1.82, 2.24) is 20.2 Å². The minimum Gasteiger partial charge on any atom is -0.459 e. The number of aromatic nitrogens is 2. The molecule has 2 amide bonds. The Bertz CT molecular complexity index is 955. The standard InChI is InChI=1S/C22H23N5O3/c28-20(19-8-4-15-30-19)25-18(16-17-6-2-1-3-7-17)21(29)26-11-13-27(14-12-26)22-23-9-5-10-24-22/h1-10,15,18H,11-14,16H2,(H,25,28)/t18-/m1/s1. The predicted octanol–water partition coefficient (Wildman–Crippen LogP) is 1.76. The SMILES string of the molecule is O=C(N[C@H](Cc1ccccc1)C(=O)N1CCN(c2ncccn2)CC1)c1ccco1. The molecule has 0 bridgehead atoms. The number of amides is 2. The molecule has 3 heterocycles. The van der Waals surface area contributed by atoms with Gasteiger partial charge < -0.3 is 19.5 Å². The van der Waals surface area contributed by atoms with E-state index in [0.717, 1.165) is 5.56 Å². The Kier molecular flexibility index (Phi) is 6.03. The second kappa shape index (κ2) is 9.21. The van der Waals surface area contributed by atoms with Crippen LogP contribution in [0.1, 0.15) is 16.1 Å². The van der Waals surface area contributed by atoms with Gasteiger partial charge in [0, 0.05) is 45.0 Å².